The molecule has 0 spiro atoms. The average molecular weight is 659 g/mol. The van der Waals surface area contributed by atoms with E-state index in [1.54, 1.807) is 0 Å². The minimum atomic E-state index is -5.02. The highest BCUT2D eigenvalue weighted by atomic mass is 35.5. The lowest BCUT2D eigenvalue weighted by Crippen LogP contribution is -2.57. The SMILES string of the molecule is CC[C@H]1COCCN1CCN1CCN(C(=O)c2cc(C(F)(F)F)cc(C(F)(F)F)c2)[C@H](Cc2ccc(C)c(C)c2)C1.Cl.Cl. The predicted octanol–water partition coefficient (Wildman–Crippen LogP) is 6.66. The van der Waals surface area contributed by atoms with Gasteiger partial charge in [0.2, 0.25) is 0 Å². The lowest BCUT2D eigenvalue weighted by molar-refractivity contribution is -0.143. The second kappa shape index (κ2) is 15.3. The molecule has 0 radical (unpaired) electrons. The first-order valence-corrected chi connectivity index (χ1v) is 14.0. The van der Waals surface area contributed by atoms with Crippen LogP contribution in [0.2, 0.25) is 0 Å². The van der Waals surface area contributed by atoms with E-state index < -0.39 is 41.0 Å². The van der Waals surface area contributed by atoms with Gasteiger partial charge >= 0.3 is 12.4 Å². The lowest BCUT2D eigenvalue weighted by atomic mass is 9.97. The Bertz CT molecular complexity index is 1200. The third-order valence-corrected chi connectivity index (χ3v) is 8.23. The number of hydrogen-bond donors (Lipinski definition) is 0. The van der Waals surface area contributed by atoms with Crippen LogP contribution in [0.4, 0.5) is 26.3 Å². The van der Waals surface area contributed by atoms with Gasteiger partial charge in [0.15, 0.2) is 0 Å². The molecule has 0 N–H and O–H groups in total. The zero-order valence-electron chi connectivity index (χ0n) is 24.4. The van der Waals surface area contributed by atoms with Gasteiger partial charge in [-0.1, -0.05) is 25.1 Å². The van der Waals surface area contributed by atoms with Crippen LogP contribution < -0.4 is 0 Å². The van der Waals surface area contributed by atoms with Crippen molar-refractivity contribution in [1.29, 1.82) is 0 Å². The Morgan fingerprint density at radius 3 is 2.09 bits per heavy atom. The molecule has 2 heterocycles. The van der Waals surface area contributed by atoms with Crippen molar-refractivity contribution >= 4 is 30.7 Å². The fourth-order valence-electron chi connectivity index (χ4n) is 5.64. The van der Waals surface area contributed by atoms with Crippen molar-refractivity contribution in [2.75, 3.05) is 52.5 Å². The molecule has 4 rings (SSSR count). The molecular weight excluding hydrogens is 619 g/mol. The number of morpholine rings is 1. The maximum atomic E-state index is 13.6. The van der Waals surface area contributed by atoms with E-state index in [0.29, 0.717) is 50.9 Å². The zero-order valence-corrected chi connectivity index (χ0v) is 26.1. The third kappa shape index (κ3) is 9.47. The summed E-state index contributed by atoms with van der Waals surface area (Å²) in [5.41, 5.74) is -0.459. The van der Waals surface area contributed by atoms with E-state index in [0.717, 1.165) is 42.7 Å². The van der Waals surface area contributed by atoms with Gasteiger partial charge in [0.25, 0.3) is 5.91 Å². The maximum absolute atomic E-state index is 13.6. The number of benzene rings is 2. The number of halogens is 8. The Balaban J connectivity index is 0.00000323. The molecule has 2 aromatic rings. The molecule has 0 aromatic heterocycles. The normalized spacial score (nSPS) is 20.3. The van der Waals surface area contributed by atoms with Gasteiger partial charge < -0.3 is 9.64 Å². The number of ether oxygens (including phenoxy) is 1. The summed E-state index contributed by atoms with van der Waals surface area (Å²) in [4.78, 5) is 19.7. The van der Waals surface area contributed by atoms with Crippen molar-refractivity contribution in [3.63, 3.8) is 0 Å². The summed E-state index contributed by atoms with van der Waals surface area (Å²) >= 11 is 0. The van der Waals surface area contributed by atoms with Crippen molar-refractivity contribution in [2.45, 2.75) is 58.0 Å². The first kappa shape index (κ1) is 37.1. The molecule has 0 bridgehead atoms. The van der Waals surface area contributed by atoms with Gasteiger partial charge in [0, 0.05) is 56.9 Å². The van der Waals surface area contributed by atoms with E-state index in [9.17, 15) is 31.1 Å². The zero-order chi connectivity index (χ0) is 29.9. The minimum absolute atomic E-state index is 0. The first-order valence-electron chi connectivity index (χ1n) is 14.0. The number of nitrogens with zero attached hydrogens (tertiary/aromatic N) is 3. The maximum Gasteiger partial charge on any atom is 0.416 e. The number of rotatable bonds is 7. The molecule has 0 unspecified atom stereocenters. The second-order valence-corrected chi connectivity index (χ2v) is 11.0. The van der Waals surface area contributed by atoms with Gasteiger partial charge in [-0.15, -0.1) is 24.8 Å². The number of carbonyl (C=O) groups excluding carboxylic acids is 1. The van der Waals surface area contributed by atoms with Crippen LogP contribution in [0.15, 0.2) is 36.4 Å². The summed E-state index contributed by atoms with van der Waals surface area (Å²) in [6.45, 7) is 11.0. The largest absolute Gasteiger partial charge is 0.416 e. The number of alkyl halides is 6. The van der Waals surface area contributed by atoms with Gasteiger partial charge in [-0.05, 0) is 61.6 Å². The number of hydrogen-bond acceptors (Lipinski definition) is 4. The Morgan fingerprint density at radius 2 is 1.51 bits per heavy atom. The predicted molar refractivity (Wildman–Crippen MR) is 158 cm³/mol. The van der Waals surface area contributed by atoms with Crippen LogP contribution in [-0.2, 0) is 23.5 Å². The van der Waals surface area contributed by atoms with Gasteiger partial charge in [-0.25, -0.2) is 0 Å². The molecule has 43 heavy (non-hydrogen) atoms. The van der Waals surface area contributed by atoms with Crippen LogP contribution in [0.5, 0.6) is 0 Å². The van der Waals surface area contributed by atoms with E-state index in [-0.39, 0.29) is 37.4 Å². The Morgan fingerprint density at radius 1 is 0.860 bits per heavy atom. The topological polar surface area (TPSA) is 36.0 Å². The smallest absolute Gasteiger partial charge is 0.378 e. The first-order chi connectivity index (χ1) is 19.3. The Hall–Kier alpha value is -2.05. The molecule has 2 saturated heterocycles. The molecule has 2 fully saturated rings. The Labute approximate surface area is 261 Å². The summed E-state index contributed by atoms with van der Waals surface area (Å²) in [7, 11) is 0. The Kier molecular flexibility index (Phi) is 13.2. The van der Waals surface area contributed by atoms with Crippen molar-refractivity contribution < 1.29 is 35.9 Å². The van der Waals surface area contributed by atoms with Crippen LogP contribution in [0.25, 0.3) is 0 Å². The van der Waals surface area contributed by atoms with Gasteiger partial charge in [0.05, 0.1) is 24.3 Å². The van der Waals surface area contributed by atoms with Crippen molar-refractivity contribution in [3.05, 3.63) is 69.8 Å². The molecule has 2 aliphatic rings. The summed E-state index contributed by atoms with van der Waals surface area (Å²) in [6.07, 6.45) is -8.65. The number of piperazine rings is 1. The highest BCUT2D eigenvalue weighted by Gasteiger charge is 2.39. The molecule has 5 nitrogen and oxygen atoms in total. The molecular formula is C30H39Cl2F6N3O2. The van der Waals surface area contributed by atoms with E-state index in [1.807, 2.05) is 32.0 Å². The molecule has 13 heteroatoms. The quantitative estimate of drug-likeness (QED) is 0.312. The minimum Gasteiger partial charge on any atom is -0.378 e. The highest BCUT2D eigenvalue weighted by molar-refractivity contribution is 5.95. The number of carbonyl (C=O) groups is 1. The van der Waals surface area contributed by atoms with Crippen LogP contribution in [0.3, 0.4) is 0 Å². The molecule has 242 valence electrons. The monoisotopic (exact) mass is 657 g/mol. The molecule has 2 atom stereocenters. The van der Waals surface area contributed by atoms with Crippen molar-refractivity contribution in [1.82, 2.24) is 14.7 Å². The van der Waals surface area contributed by atoms with E-state index in [2.05, 4.69) is 16.7 Å². The second-order valence-electron chi connectivity index (χ2n) is 11.0. The fourth-order valence-corrected chi connectivity index (χ4v) is 5.64. The lowest BCUT2D eigenvalue weighted by Gasteiger charge is -2.43. The number of amides is 1. The number of aryl methyl sites for hydroxylation is 2. The standard InChI is InChI=1S/C30H37F6N3O2.2ClH/c1-4-26-19-41-12-11-38(26)9-7-37-8-10-39(27(18-37)14-22-6-5-20(2)21(3)13-22)28(40)23-15-24(29(31,32)33)17-25(16-23)30(34,35)36;;/h5-6,13,15-17,26-27H,4,7-12,14,18-19H2,1-3H3;2*1H/t26-,27+;;/m0../s1. The molecule has 0 saturated carbocycles. The van der Waals surface area contributed by atoms with Gasteiger partial charge in [-0.3, -0.25) is 14.6 Å². The molecule has 1 amide bonds. The summed E-state index contributed by atoms with van der Waals surface area (Å²) in [5, 5.41) is 0. The summed E-state index contributed by atoms with van der Waals surface area (Å²) in [5.74, 6) is -0.825. The van der Waals surface area contributed by atoms with Crippen LogP contribution >= 0.6 is 24.8 Å². The molecule has 0 aliphatic carbocycles. The summed E-state index contributed by atoms with van der Waals surface area (Å²) in [6, 6.07) is 6.97. The van der Waals surface area contributed by atoms with Gasteiger partial charge in [0.1, 0.15) is 0 Å². The van der Waals surface area contributed by atoms with Crippen LogP contribution in [0.1, 0.15) is 51.5 Å². The van der Waals surface area contributed by atoms with E-state index >= 15 is 0 Å². The van der Waals surface area contributed by atoms with E-state index in [4.69, 9.17) is 4.74 Å². The van der Waals surface area contributed by atoms with Crippen molar-refractivity contribution in [2.24, 2.45) is 0 Å². The van der Waals surface area contributed by atoms with Crippen LogP contribution in [-0.4, -0.2) is 85.2 Å². The molecule has 2 aliphatic heterocycles. The third-order valence-electron chi connectivity index (χ3n) is 8.23. The fraction of sp³-hybridized carbons (Fsp3) is 0.567. The van der Waals surface area contributed by atoms with E-state index in [1.165, 1.54) is 4.90 Å². The highest BCUT2D eigenvalue weighted by Crippen LogP contribution is 2.37. The van der Waals surface area contributed by atoms with Crippen molar-refractivity contribution in [3.8, 4) is 0 Å². The summed E-state index contributed by atoms with van der Waals surface area (Å²) < 4.78 is 86.6. The molecule has 2 aromatic carbocycles. The van der Waals surface area contributed by atoms with Crippen LogP contribution in [0, 0.1) is 13.8 Å². The van der Waals surface area contributed by atoms with Gasteiger partial charge in [-0.2, -0.15) is 26.3 Å². The average Bonchev–Trinajstić information content (AvgIpc) is 2.92.